The SMILES string of the molecule is CCCCCC(Oc1nc(C2=CC=CC[CH]2)ncc1OCCCCCCCCC1CC1)C1CCCCC1. The Morgan fingerprint density at radius 1 is 0.919 bits per heavy atom. The zero-order valence-corrected chi connectivity index (χ0v) is 23.5. The van der Waals surface area contributed by atoms with Gasteiger partial charge in [-0.05, 0) is 56.8 Å². The van der Waals surface area contributed by atoms with Crippen molar-refractivity contribution in [3.8, 4) is 11.6 Å². The van der Waals surface area contributed by atoms with E-state index in [1.54, 1.807) is 0 Å². The summed E-state index contributed by atoms with van der Waals surface area (Å²) in [6, 6.07) is 0. The minimum atomic E-state index is 0.219. The molecule has 0 bridgehead atoms. The molecular formula is C33H51N2O2. The zero-order chi connectivity index (χ0) is 25.5. The van der Waals surface area contributed by atoms with Gasteiger partial charge in [0.15, 0.2) is 11.6 Å². The van der Waals surface area contributed by atoms with E-state index in [9.17, 15) is 0 Å². The van der Waals surface area contributed by atoms with Crippen LogP contribution in [0, 0.1) is 18.3 Å². The molecule has 4 rings (SSSR count). The fourth-order valence-electron chi connectivity index (χ4n) is 5.82. The van der Waals surface area contributed by atoms with Crippen LogP contribution in [0.5, 0.6) is 11.6 Å². The largest absolute Gasteiger partial charge is 0.487 e. The number of nitrogens with zero attached hydrogens (tertiary/aromatic N) is 2. The lowest BCUT2D eigenvalue weighted by Crippen LogP contribution is -2.29. The first kappa shape index (κ1) is 28.2. The highest BCUT2D eigenvalue weighted by molar-refractivity contribution is 5.70. The number of unbranched alkanes of at least 4 members (excludes halogenated alkanes) is 7. The molecule has 0 aliphatic heterocycles. The van der Waals surface area contributed by atoms with E-state index in [0.717, 1.165) is 42.3 Å². The van der Waals surface area contributed by atoms with Crippen LogP contribution >= 0.6 is 0 Å². The van der Waals surface area contributed by atoms with Gasteiger partial charge < -0.3 is 9.47 Å². The van der Waals surface area contributed by atoms with Crippen molar-refractivity contribution in [2.45, 2.75) is 135 Å². The topological polar surface area (TPSA) is 44.2 Å². The smallest absolute Gasteiger partial charge is 0.261 e. The van der Waals surface area contributed by atoms with Crippen molar-refractivity contribution in [2.75, 3.05) is 6.61 Å². The Morgan fingerprint density at radius 3 is 2.49 bits per heavy atom. The third-order valence-electron chi connectivity index (χ3n) is 8.36. The standard InChI is InChI=1S/C33H51N2O2/c1-2-3-10-22-30(28-18-12-8-13-19-28)37-33-31(26-34-32(35-33)29-20-14-9-15-21-29)36-25-16-7-5-4-6-11-17-27-23-24-27/h9,14,20-21,26-28,30H,2-8,10-13,15-19,22-25H2,1H3. The molecule has 4 heteroatoms. The monoisotopic (exact) mass is 507 g/mol. The summed E-state index contributed by atoms with van der Waals surface area (Å²) in [5, 5.41) is 0. The summed E-state index contributed by atoms with van der Waals surface area (Å²) in [5.41, 5.74) is 1.07. The summed E-state index contributed by atoms with van der Waals surface area (Å²) in [6.07, 6.45) is 35.1. The molecule has 3 aliphatic rings. The van der Waals surface area contributed by atoms with Crippen molar-refractivity contribution in [1.29, 1.82) is 0 Å². The Morgan fingerprint density at radius 2 is 1.73 bits per heavy atom. The lowest BCUT2D eigenvalue weighted by Gasteiger charge is -2.31. The van der Waals surface area contributed by atoms with Crippen molar-refractivity contribution in [3.05, 3.63) is 36.7 Å². The average molecular weight is 508 g/mol. The molecule has 2 fully saturated rings. The number of rotatable bonds is 18. The van der Waals surface area contributed by atoms with Crippen molar-refractivity contribution >= 4 is 5.57 Å². The summed E-state index contributed by atoms with van der Waals surface area (Å²) in [7, 11) is 0. The molecule has 0 saturated heterocycles. The quantitative estimate of drug-likeness (QED) is 0.186. The number of hydrogen-bond donors (Lipinski definition) is 0. The molecule has 1 unspecified atom stereocenters. The molecule has 1 aromatic heterocycles. The molecule has 3 aliphatic carbocycles. The Balaban J connectivity index is 1.34. The molecule has 1 atom stereocenters. The minimum Gasteiger partial charge on any atom is -0.487 e. The van der Waals surface area contributed by atoms with E-state index in [2.05, 4.69) is 36.6 Å². The van der Waals surface area contributed by atoms with Gasteiger partial charge in [0.2, 0.25) is 0 Å². The minimum absolute atomic E-state index is 0.219. The predicted octanol–water partition coefficient (Wildman–Crippen LogP) is 9.45. The summed E-state index contributed by atoms with van der Waals surface area (Å²) >= 11 is 0. The molecule has 1 radical (unpaired) electrons. The van der Waals surface area contributed by atoms with Gasteiger partial charge in [0.25, 0.3) is 5.88 Å². The third-order valence-corrected chi connectivity index (χ3v) is 8.36. The van der Waals surface area contributed by atoms with Gasteiger partial charge in [-0.25, -0.2) is 4.98 Å². The van der Waals surface area contributed by atoms with E-state index in [1.165, 1.54) is 103 Å². The first-order chi connectivity index (χ1) is 18.3. The van der Waals surface area contributed by atoms with Gasteiger partial charge in [-0.1, -0.05) is 109 Å². The van der Waals surface area contributed by atoms with Crippen LogP contribution in [0.15, 0.2) is 24.4 Å². The maximum atomic E-state index is 6.77. The van der Waals surface area contributed by atoms with Gasteiger partial charge in [0.1, 0.15) is 6.10 Å². The molecular weight excluding hydrogens is 456 g/mol. The van der Waals surface area contributed by atoms with Gasteiger partial charge in [0.05, 0.1) is 12.8 Å². The van der Waals surface area contributed by atoms with E-state index in [0.29, 0.717) is 18.4 Å². The molecule has 0 aromatic carbocycles. The maximum Gasteiger partial charge on any atom is 0.261 e. The molecule has 4 nitrogen and oxygen atoms in total. The highest BCUT2D eigenvalue weighted by atomic mass is 16.5. The van der Waals surface area contributed by atoms with Crippen LogP contribution in [0.3, 0.4) is 0 Å². The average Bonchev–Trinajstić information content (AvgIpc) is 3.78. The van der Waals surface area contributed by atoms with E-state index >= 15 is 0 Å². The normalized spacial score (nSPS) is 19.0. The van der Waals surface area contributed by atoms with E-state index in [4.69, 9.17) is 14.5 Å². The summed E-state index contributed by atoms with van der Waals surface area (Å²) in [6.45, 7) is 2.98. The van der Waals surface area contributed by atoms with Gasteiger partial charge >= 0.3 is 0 Å². The van der Waals surface area contributed by atoms with Gasteiger partial charge in [-0.2, -0.15) is 4.98 Å². The Hall–Kier alpha value is -1.84. The van der Waals surface area contributed by atoms with Crippen LogP contribution in [0.1, 0.15) is 135 Å². The van der Waals surface area contributed by atoms with Gasteiger partial charge in [-0.3, -0.25) is 0 Å². The van der Waals surface area contributed by atoms with Crippen LogP contribution in [0.4, 0.5) is 0 Å². The third kappa shape index (κ3) is 10.1. The predicted molar refractivity (Wildman–Crippen MR) is 154 cm³/mol. The summed E-state index contributed by atoms with van der Waals surface area (Å²) in [4.78, 5) is 9.61. The van der Waals surface area contributed by atoms with Crippen LogP contribution in [0.25, 0.3) is 5.57 Å². The van der Waals surface area contributed by atoms with Crippen LogP contribution in [0.2, 0.25) is 0 Å². The molecule has 1 aromatic rings. The van der Waals surface area contributed by atoms with Crippen LogP contribution < -0.4 is 9.47 Å². The number of ether oxygens (including phenoxy) is 2. The van der Waals surface area contributed by atoms with Crippen molar-refractivity contribution in [2.24, 2.45) is 11.8 Å². The molecule has 0 amide bonds. The van der Waals surface area contributed by atoms with Crippen molar-refractivity contribution < 1.29 is 9.47 Å². The molecule has 0 N–H and O–H groups in total. The van der Waals surface area contributed by atoms with E-state index < -0.39 is 0 Å². The Labute approximate surface area is 226 Å². The Bertz CT molecular complexity index is 839. The lowest BCUT2D eigenvalue weighted by atomic mass is 9.83. The molecule has 37 heavy (non-hydrogen) atoms. The summed E-state index contributed by atoms with van der Waals surface area (Å²) in [5.74, 6) is 3.82. The fraction of sp³-hybridized carbons (Fsp3) is 0.727. The first-order valence-corrected chi connectivity index (χ1v) is 15.7. The number of allylic oxidation sites excluding steroid dienone is 4. The van der Waals surface area contributed by atoms with E-state index in [-0.39, 0.29) is 6.10 Å². The zero-order valence-electron chi connectivity index (χ0n) is 23.5. The maximum absolute atomic E-state index is 6.77. The first-order valence-electron chi connectivity index (χ1n) is 15.7. The lowest BCUT2D eigenvalue weighted by molar-refractivity contribution is 0.0874. The second-order valence-electron chi connectivity index (χ2n) is 11.6. The Kier molecular flexibility index (Phi) is 12.3. The second kappa shape index (κ2) is 16.2. The van der Waals surface area contributed by atoms with Crippen molar-refractivity contribution in [1.82, 2.24) is 9.97 Å². The highest BCUT2D eigenvalue weighted by Gasteiger charge is 2.27. The fourth-order valence-corrected chi connectivity index (χ4v) is 5.82. The van der Waals surface area contributed by atoms with E-state index in [1.807, 2.05) is 6.20 Å². The van der Waals surface area contributed by atoms with Crippen LogP contribution in [-0.2, 0) is 0 Å². The van der Waals surface area contributed by atoms with Gasteiger partial charge in [-0.15, -0.1) is 0 Å². The van der Waals surface area contributed by atoms with Crippen molar-refractivity contribution in [3.63, 3.8) is 0 Å². The number of aromatic nitrogens is 2. The molecule has 0 spiro atoms. The molecule has 205 valence electrons. The highest BCUT2D eigenvalue weighted by Crippen LogP contribution is 2.35. The van der Waals surface area contributed by atoms with Crippen LogP contribution in [-0.4, -0.2) is 22.7 Å². The second-order valence-corrected chi connectivity index (χ2v) is 11.6. The summed E-state index contributed by atoms with van der Waals surface area (Å²) < 4.78 is 13.0. The number of hydrogen-bond acceptors (Lipinski definition) is 4. The van der Waals surface area contributed by atoms with Gasteiger partial charge in [0, 0.05) is 5.57 Å². The molecule has 2 saturated carbocycles. The molecule has 1 heterocycles.